The van der Waals surface area contributed by atoms with Crippen molar-refractivity contribution in [2.45, 2.75) is 46.1 Å². The molecule has 2 rings (SSSR count). The minimum Gasteiger partial charge on any atom is -0.493 e. The lowest BCUT2D eigenvalue weighted by molar-refractivity contribution is 0.0951. The molecule has 2 aromatic carbocycles. The van der Waals surface area contributed by atoms with Gasteiger partial charge in [0.15, 0.2) is 11.5 Å². The molecule has 0 fully saturated rings. The fraction of sp³-hybridized carbons (Fsp3) is 0.409. The molecule has 0 aliphatic heterocycles. The number of carbonyl (C=O) groups excluding carboxylic acids is 1. The van der Waals surface area contributed by atoms with Gasteiger partial charge in [-0.25, -0.2) is 0 Å². The lowest BCUT2D eigenvalue weighted by atomic mass is 9.87. The maximum Gasteiger partial charge on any atom is 0.251 e. The molecule has 0 aliphatic rings. The highest BCUT2D eigenvalue weighted by molar-refractivity contribution is 5.94. The van der Waals surface area contributed by atoms with Crippen LogP contribution in [0.3, 0.4) is 0 Å². The van der Waals surface area contributed by atoms with Gasteiger partial charge in [0, 0.05) is 12.1 Å². The van der Waals surface area contributed by atoms with Gasteiger partial charge >= 0.3 is 0 Å². The summed E-state index contributed by atoms with van der Waals surface area (Å²) in [4.78, 5) is 12.4. The van der Waals surface area contributed by atoms with Gasteiger partial charge in [0.05, 0.1) is 13.7 Å². The largest absolute Gasteiger partial charge is 0.493 e. The highest BCUT2D eigenvalue weighted by Crippen LogP contribution is 2.28. The van der Waals surface area contributed by atoms with Gasteiger partial charge in [-0.05, 0) is 47.2 Å². The van der Waals surface area contributed by atoms with Crippen LogP contribution in [0.2, 0.25) is 0 Å². The third kappa shape index (κ3) is 5.25. The van der Waals surface area contributed by atoms with Crippen LogP contribution >= 0.6 is 0 Å². The number of amides is 1. The standard InChI is InChI=1S/C22H29NO3/c1-6-13-26-19-12-7-16(14-20(19)25-5)15-23-21(24)17-8-10-18(11-9-17)22(2,3)4/h7-12,14H,6,13,15H2,1-5H3,(H,23,24). The van der Waals surface area contributed by atoms with Gasteiger partial charge in [0.1, 0.15) is 0 Å². The van der Waals surface area contributed by atoms with Crippen molar-refractivity contribution in [3.63, 3.8) is 0 Å². The Morgan fingerprint density at radius 3 is 2.31 bits per heavy atom. The molecule has 0 unspecified atom stereocenters. The van der Waals surface area contributed by atoms with Crippen LogP contribution in [0.15, 0.2) is 42.5 Å². The Morgan fingerprint density at radius 1 is 1.04 bits per heavy atom. The first-order valence-electron chi connectivity index (χ1n) is 9.03. The molecule has 0 atom stereocenters. The summed E-state index contributed by atoms with van der Waals surface area (Å²) >= 11 is 0. The van der Waals surface area contributed by atoms with E-state index in [-0.39, 0.29) is 11.3 Å². The number of ether oxygens (including phenoxy) is 2. The van der Waals surface area contributed by atoms with Crippen molar-refractivity contribution in [3.05, 3.63) is 59.2 Å². The Kier molecular flexibility index (Phi) is 6.67. The summed E-state index contributed by atoms with van der Waals surface area (Å²) in [6.45, 7) is 9.61. The van der Waals surface area contributed by atoms with Crippen LogP contribution in [0.1, 0.15) is 55.6 Å². The number of benzene rings is 2. The third-order valence-corrected chi connectivity index (χ3v) is 4.16. The van der Waals surface area contributed by atoms with Crippen LogP contribution in [0.5, 0.6) is 11.5 Å². The second kappa shape index (κ2) is 8.75. The van der Waals surface area contributed by atoms with E-state index in [4.69, 9.17) is 9.47 Å². The van der Waals surface area contributed by atoms with E-state index in [9.17, 15) is 4.79 Å². The van der Waals surface area contributed by atoms with Gasteiger partial charge in [0.25, 0.3) is 5.91 Å². The zero-order valence-corrected chi connectivity index (χ0v) is 16.4. The zero-order valence-electron chi connectivity index (χ0n) is 16.4. The minimum atomic E-state index is -0.0873. The maximum absolute atomic E-state index is 12.4. The van der Waals surface area contributed by atoms with Crippen molar-refractivity contribution in [1.29, 1.82) is 0 Å². The number of methoxy groups -OCH3 is 1. The predicted molar refractivity (Wildman–Crippen MR) is 105 cm³/mol. The Hall–Kier alpha value is -2.49. The van der Waals surface area contributed by atoms with Crippen molar-refractivity contribution in [2.24, 2.45) is 0 Å². The second-order valence-corrected chi connectivity index (χ2v) is 7.34. The number of hydrogen-bond donors (Lipinski definition) is 1. The van der Waals surface area contributed by atoms with Crippen molar-refractivity contribution >= 4 is 5.91 Å². The number of nitrogens with one attached hydrogen (secondary N) is 1. The molecule has 0 aliphatic carbocycles. The van der Waals surface area contributed by atoms with Crippen molar-refractivity contribution in [1.82, 2.24) is 5.32 Å². The van der Waals surface area contributed by atoms with Crippen LogP contribution in [0.25, 0.3) is 0 Å². The van der Waals surface area contributed by atoms with Crippen LogP contribution in [0.4, 0.5) is 0 Å². The normalized spacial score (nSPS) is 11.1. The van der Waals surface area contributed by atoms with Crippen LogP contribution in [-0.4, -0.2) is 19.6 Å². The fourth-order valence-corrected chi connectivity index (χ4v) is 2.56. The first kappa shape index (κ1) is 19.8. The first-order chi connectivity index (χ1) is 12.3. The highest BCUT2D eigenvalue weighted by atomic mass is 16.5. The second-order valence-electron chi connectivity index (χ2n) is 7.34. The van der Waals surface area contributed by atoms with Crippen LogP contribution in [-0.2, 0) is 12.0 Å². The van der Waals surface area contributed by atoms with Crippen molar-refractivity contribution in [2.75, 3.05) is 13.7 Å². The van der Waals surface area contributed by atoms with E-state index >= 15 is 0 Å². The average molecular weight is 355 g/mol. The molecule has 0 radical (unpaired) electrons. The van der Waals surface area contributed by atoms with E-state index < -0.39 is 0 Å². The molecule has 0 saturated heterocycles. The molecule has 0 saturated carbocycles. The molecule has 26 heavy (non-hydrogen) atoms. The van der Waals surface area contributed by atoms with Gasteiger partial charge in [-0.3, -0.25) is 4.79 Å². The Bertz CT molecular complexity index is 730. The Morgan fingerprint density at radius 2 is 1.73 bits per heavy atom. The van der Waals surface area contributed by atoms with Crippen molar-refractivity contribution in [3.8, 4) is 11.5 Å². The summed E-state index contributed by atoms with van der Waals surface area (Å²) in [7, 11) is 1.62. The van der Waals surface area contributed by atoms with E-state index in [1.54, 1.807) is 7.11 Å². The summed E-state index contributed by atoms with van der Waals surface area (Å²) in [6, 6.07) is 13.5. The van der Waals surface area contributed by atoms with Crippen molar-refractivity contribution < 1.29 is 14.3 Å². The molecule has 1 amide bonds. The van der Waals surface area contributed by atoms with E-state index in [1.165, 1.54) is 5.56 Å². The van der Waals surface area contributed by atoms with Gasteiger partial charge < -0.3 is 14.8 Å². The zero-order chi connectivity index (χ0) is 19.2. The first-order valence-corrected chi connectivity index (χ1v) is 9.03. The highest BCUT2D eigenvalue weighted by Gasteiger charge is 2.14. The summed E-state index contributed by atoms with van der Waals surface area (Å²) < 4.78 is 11.0. The van der Waals surface area contributed by atoms with Crippen LogP contribution in [0, 0.1) is 0 Å². The Balaban J connectivity index is 2.00. The predicted octanol–water partition coefficient (Wildman–Crippen LogP) is 4.71. The summed E-state index contributed by atoms with van der Waals surface area (Å²) in [5.41, 5.74) is 2.91. The molecule has 4 heteroatoms. The van der Waals surface area contributed by atoms with E-state index in [0.29, 0.717) is 24.5 Å². The molecule has 0 heterocycles. The van der Waals surface area contributed by atoms with E-state index in [1.807, 2.05) is 42.5 Å². The van der Waals surface area contributed by atoms with E-state index in [0.717, 1.165) is 17.7 Å². The van der Waals surface area contributed by atoms with Gasteiger partial charge in [-0.15, -0.1) is 0 Å². The quantitative estimate of drug-likeness (QED) is 0.782. The van der Waals surface area contributed by atoms with Crippen LogP contribution < -0.4 is 14.8 Å². The molecule has 1 N–H and O–H groups in total. The molecule has 0 spiro atoms. The summed E-state index contributed by atoms with van der Waals surface area (Å²) in [5.74, 6) is 1.32. The SMILES string of the molecule is CCCOc1ccc(CNC(=O)c2ccc(C(C)(C)C)cc2)cc1OC. The molecule has 140 valence electrons. The van der Waals surface area contributed by atoms with Gasteiger partial charge in [-0.1, -0.05) is 45.9 Å². The summed E-state index contributed by atoms with van der Waals surface area (Å²) in [5, 5.41) is 2.95. The topological polar surface area (TPSA) is 47.6 Å². The smallest absolute Gasteiger partial charge is 0.251 e. The molecular weight excluding hydrogens is 326 g/mol. The molecule has 4 nitrogen and oxygen atoms in total. The average Bonchev–Trinajstić information content (AvgIpc) is 2.64. The van der Waals surface area contributed by atoms with Gasteiger partial charge in [0.2, 0.25) is 0 Å². The fourth-order valence-electron chi connectivity index (χ4n) is 2.56. The maximum atomic E-state index is 12.4. The molecular formula is C22H29NO3. The van der Waals surface area contributed by atoms with E-state index in [2.05, 4.69) is 33.0 Å². The Labute approximate surface area is 156 Å². The number of rotatable bonds is 7. The lowest BCUT2D eigenvalue weighted by Gasteiger charge is -2.19. The van der Waals surface area contributed by atoms with Gasteiger partial charge in [-0.2, -0.15) is 0 Å². The molecule has 0 bridgehead atoms. The minimum absolute atomic E-state index is 0.0765. The number of hydrogen-bond acceptors (Lipinski definition) is 3. The third-order valence-electron chi connectivity index (χ3n) is 4.16. The molecule has 0 aromatic heterocycles. The monoisotopic (exact) mass is 355 g/mol. The molecule has 2 aromatic rings. The number of carbonyl (C=O) groups is 1. The summed E-state index contributed by atoms with van der Waals surface area (Å²) in [6.07, 6.45) is 0.939. The lowest BCUT2D eigenvalue weighted by Crippen LogP contribution is -2.23.